The summed E-state index contributed by atoms with van der Waals surface area (Å²) in [7, 11) is 0. The summed E-state index contributed by atoms with van der Waals surface area (Å²) in [6.45, 7) is 1.78. The van der Waals surface area contributed by atoms with Gasteiger partial charge in [-0.1, -0.05) is 6.92 Å². The van der Waals surface area contributed by atoms with Crippen LogP contribution in [-0.4, -0.2) is 34.6 Å². The SMILES string of the molecule is CCC1=C(O)CC2OC(C(F)(F)F)C(C(=O)O)=CC2=C1. The second-order valence-corrected chi connectivity index (χ2v) is 4.63. The molecule has 1 heterocycles. The lowest BCUT2D eigenvalue weighted by Crippen LogP contribution is -2.43. The summed E-state index contributed by atoms with van der Waals surface area (Å²) in [6.07, 6.45) is -5.35. The number of aliphatic carboxylic acids is 1. The summed E-state index contributed by atoms with van der Waals surface area (Å²) in [4.78, 5) is 11.0. The lowest BCUT2D eigenvalue weighted by Gasteiger charge is -2.34. The molecule has 0 radical (unpaired) electrons. The Balaban J connectivity index is 2.45. The van der Waals surface area contributed by atoms with Crippen molar-refractivity contribution in [3.8, 4) is 0 Å². The molecule has 0 aromatic rings. The molecule has 1 aliphatic carbocycles. The highest BCUT2D eigenvalue weighted by Gasteiger charge is 2.49. The van der Waals surface area contributed by atoms with Crippen molar-refractivity contribution >= 4 is 5.97 Å². The van der Waals surface area contributed by atoms with Crippen LogP contribution in [0.1, 0.15) is 19.8 Å². The third-order valence-electron chi connectivity index (χ3n) is 3.29. The van der Waals surface area contributed by atoms with E-state index in [0.717, 1.165) is 6.08 Å². The standard InChI is InChI=1S/C13H13F3O4/c1-2-6-3-7-4-8(12(18)19)11(13(14,15)16)20-10(7)5-9(6)17/h3-4,10-11,17H,2,5H2,1H3,(H,18,19). The molecule has 0 aromatic carbocycles. The van der Waals surface area contributed by atoms with Crippen molar-refractivity contribution in [2.45, 2.75) is 38.1 Å². The van der Waals surface area contributed by atoms with Crippen molar-refractivity contribution in [2.24, 2.45) is 0 Å². The van der Waals surface area contributed by atoms with E-state index in [1.807, 2.05) is 0 Å². The maximum Gasteiger partial charge on any atom is 0.419 e. The number of hydrogen-bond acceptors (Lipinski definition) is 3. The number of hydrogen-bond donors (Lipinski definition) is 2. The average Bonchev–Trinajstić information content (AvgIpc) is 2.35. The predicted octanol–water partition coefficient (Wildman–Crippen LogP) is 2.88. The number of carboxylic acid groups (broad SMARTS) is 1. The third kappa shape index (κ3) is 2.58. The fraction of sp³-hybridized carbons (Fsp3) is 0.462. The number of halogens is 3. The van der Waals surface area contributed by atoms with Crippen LogP contribution in [0.2, 0.25) is 0 Å². The molecular formula is C13H13F3O4. The molecule has 0 aromatic heterocycles. The first-order valence-electron chi connectivity index (χ1n) is 6.03. The van der Waals surface area contributed by atoms with Gasteiger partial charge < -0.3 is 14.9 Å². The number of carbonyl (C=O) groups is 1. The zero-order valence-electron chi connectivity index (χ0n) is 10.6. The predicted molar refractivity (Wildman–Crippen MR) is 63.1 cm³/mol. The van der Waals surface area contributed by atoms with E-state index < -0.39 is 29.9 Å². The van der Waals surface area contributed by atoms with E-state index in [1.54, 1.807) is 6.92 Å². The minimum Gasteiger partial charge on any atom is -0.512 e. The molecule has 110 valence electrons. The lowest BCUT2D eigenvalue weighted by molar-refractivity contribution is -0.220. The molecule has 0 bridgehead atoms. The molecule has 0 saturated carbocycles. The molecule has 0 saturated heterocycles. The molecule has 20 heavy (non-hydrogen) atoms. The van der Waals surface area contributed by atoms with E-state index in [-0.39, 0.29) is 12.2 Å². The average molecular weight is 290 g/mol. The van der Waals surface area contributed by atoms with E-state index in [4.69, 9.17) is 9.84 Å². The normalized spacial score (nSPS) is 26.8. The van der Waals surface area contributed by atoms with Crippen LogP contribution in [0.5, 0.6) is 0 Å². The van der Waals surface area contributed by atoms with E-state index >= 15 is 0 Å². The van der Waals surface area contributed by atoms with Crippen LogP contribution in [0.4, 0.5) is 13.2 Å². The summed E-state index contributed by atoms with van der Waals surface area (Å²) < 4.78 is 43.3. The fourth-order valence-corrected chi connectivity index (χ4v) is 2.29. The molecule has 2 unspecified atom stereocenters. The van der Waals surface area contributed by atoms with Crippen molar-refractivity contribution in [3.05, 3.63) is 34.6 Å². The van der Waals surface area contributed by atoms with Crippen molar-refractivity contribution < 1.29 is 32.9 Å². The van der Waals surface area contributed by atoms with Gasteiger partial charge in [0.25, 0.3) is 0 Å². The van der Waals surface area contributed by atoms with Gasteiger partial charge in [0, 0.05) is 6.42 Å². The Morgan fingerprint density at radius 1 is 1.45 bits per heavy atom. The van der Waals surface area contributed by atoms with E-state index in [1.165, 1.54) is 6.08 Å². The van der Waals surface area contributed by atoms with Gasteiger partial charge in [-0.25, -0.2) is 4.79 Å². The van der Waals surface area contributed by atoms with Gasteiger partial charge in [-0.05, 0) is 29.7 Å². The zero-order valence-corrected chi connectivity index (χ0v) is 10.6. The number of fused-ring (bicyclic) bond motifs is 1. The molecular weight excluding hydrogens is 277 g/mol. The zero-order chi connectivity index (χ0) is 15.1. The van der Waals surface area contributed by atoms with Gasteiger partial charge in [0.1, 0.15) is 0 Å². The molecule has 2 N–H and O–H groups in total. The summed E-state index contributed by atoms with van der Waals surface area (Å²) in [5.74, 6) is -1.68. The first-order chi connectivity index (χ1) is 9.24. The van der Waals surface area contributed by atoms with Crippen LogP contribution >= 0.6 is 0 Å². The highest BCUT2D eigenvalue weighted by Crippen LogP contribution is 2.39. The number of alkyl halides is 3. The van der Waals surface area contributed by atoms with Crippen LogP contribution in [0, 0.1) is 0 Å². The maximum absolute atomic E-state index is 12.8. The Hall–Kier alpha value is -1.76. The number of aliphatic hydroxyl groups excluding tert-OH is 1. The molecule has 2 atom stereocenters. The van der Waals surface area contributed by atoms with Crippen molar-refractivity contribution in [1.82, 2.24) is 0 Å². The highest BCUT2D eigenvalue weighted by molar-refractivity contribution is 5.89. The van der Waals surface area contributed by atoms with Crippen molar-refractivity contribution in [1.29, 1.82) is 0 Å². The minimum absolute atomic E-state index is 0.0191. The van der Waals surface area contributed by atoms with Crippen LogP contribution in [0.15, 0.2) is 34.6 Å². The van der Waals surface area contributed by atoms with Crippen LogP contribution < -0.4 is 0 Å². The number of rotatable bonds is 2. The van der Waals surface area contributed by atoms with Crippen LogP contribution in [-0.2, 0) is 9.53 Å². The van der Waals surface area contributed by atoms with Gasteiger partial charge in [0.15, 0.2) is 6.10 Å². The quantitative estimate of drug-likeness (QED) is 0.820. The Labute approximate surface area is 112 Å². The summed E-state index contributed by atoms with van der Waals surface area (Å²) in [5, 5.41) is 18.6. The Morgan fingerprint density at radius 3 is 2.60 bits per heavy atom. The van der Waals surface area contributed by atoms with E-state index in [0.29, 0.717) is 17.6 Å². The summed E-state index contributed by atoms with van der Waals surface area (Å²) in [5.41, 5.74) is 0.0840. The third-order valence-corrected chi connectivity index (χ3v) is 3.29. The van der Waals surface area contributed by atoms with Gasteiger partial charge in [0.2, 0.25) is 0 Å². The van der Waals surface area contributed by atoms with Gasteiger partial charge in [-0.3, -0.25) is 0 Å². The smallest absolute Gasteiger partial charge is 0.419 e. The number of aliphatic hydroxyl groups is 1. The molecule has 4 nitrogen and oxygen atoms in total. The molecule has 1 aliphatic heterocycles. The van der Waals surface area contributed by atoms with Crippen molar-refractivity contribution in [3.63, 3.8) is 0 Å². The Bertz CT molecular complexity index is 528. The minimum atomic E-state index is -4.81. The fourth-order valence-electron chi connectivity index (χ4n) is 2.29. The molecule has 7 heteroatoms. The second kappa shape index (κ2) is 4.97. The molecule has 2 aliphatic rings. The van der Waals surface area contributed by atoms with Crippen molar-refractivity contribution in [2.75, 3.05) is 0 Å². The first kappa shape index (κ1) is 14.6. The topological polar surface area (TPSA) is 66.8 Å². The number of ether oxygens (including phenoxy) is 1. The summed E-state index contributed by atoms with van der Waals surface area (Å²) in [6, 6.07) is 0. The first-order valence-corrected chi connectivity index (χ1v) is 6.03. The van der Waals surface area contributed by atoms with E-state index in [9.17, 15) is 23.1 Å². The van der Waals surface area contributed by atoms with Gasteiger partial charge >= 0.3 is 12.1 Å². The molecule has 2 rings (SSSR count). The van der Waals surface area contributed by atoms with Gasteiger partial charge in [-0.2, -0.15) is 13.2 Å². The molecule has 0 fully saturated rings. The highest BCUT2D eigenvalue weighted by atomic mass is 19.4. The molecule has 0 spiro atoms. The monoisotopic (exact) mass is 290 g/mol. The number of carboxylic acids is 1. The van der Waals surface area contributed by atoms with Gasteiger partial charge in [0.05, 0.1) is 17.4 Å². The van der Waals surface area contributed by atoms with Crippen LogP contribution in [0.3, 0.4) is 0 Å². The lowest BCUT2D eigenvalue weighted by atomic mass is 9.89. The van der Waals surface area contributed by atoms with E-state index in [2.05, 4.69) is 0 Å². The Morgan fingerprint density at radius 2 is 2.10 bits per heavy atom. The van der Waals surface area contributed by atoms with Crippen LogP contribution in [0.25, 0.3) is 0 Å². The maximum atomic E-state index is 12.8. The number of allylic oxidation sites excluding steroid dienone is 2. The Kier molecular flexibility index (Phi) is 3.64. The molecule has 0 amide bonds. The largest absolute Gasteiger partial charge is 0.512 e. The van der Waals surface area contributed by atoms with Gasteiger partial charge in [-0.15, -0.1) is 0 Å². The summed E-state index contributed by atoms with van der Waals surface area (Å²) >= 11 is 0. The second-order valence-electron chi connectivity index (χ2n) is 4.63.